The van der Waals surface area contributed by atoms with Crippen molar-refractivity contribution in [2.75, 3.05) is 31.1 Å². The lowest BCUT2D eigenvalue weighted by Gasteiger charge is -2.53. The smallest absolute Gasteiger partial charge is 0.132 e. The van der Waals surface area contributed by atoms with Crippen molar-refractivity contribution in [1.29, 1.82) is 0 Å². The van der Waals surface area contributed by atoms with Crippen molar-refractivity contribution in [2.24, 2.45) is 11.3 Å². The number of ketones is 1. The van der Waals surface area contributed by atoms with E-state index >= 15 is 0 Å². The van der Waals surface area contributed by atoms with Gasteiger partial charge in [0.1, 0.15) is 11.6 Å². The maximum Gasteiger partial charge on any atom is 0.132 e. The highest BCUT2D eigenvalue weighted by Gasteiger charge is 2.48. The summed E-state index contributed by atoms with van der Waals surface area (Å²) in [4.78, 5) is 25.3. The van der Waals surface area contributed by atoms with Crippen LogP contribution in [-0.2, 0) is 4.79 Å². The number of Topliss-reactive ketones (excluding diaryl/α,β-unsaturated/α-hetero) is 1. The highest BCUT2D eigenvalue weighted by molar-refractivity contribution is 5.79. The highest BCUT2D eigenvalue weighted by Crippen LogP contribution is 2.55. The van der Waals surface area contributed by atoms with Gasteiger partial charge in [0.25, 0.3) is 0 Å². The molecule has 1 spiro atoms. The third kappa shape index (κ3) is 3.43. The molecule has 0 radical (unpaired) electrons. The molecule has 1 aromatic rings. The molecule has 3 fully saturated rings. The Kier molecular flexibility index (Phi) is 4.52. The maximum atomic E-state index is 11.5. The van der Waals surface area contributed by atoms with Gasteiger partial charge in [0, 0.05) is 38.1 Å². The van der Waals surface area contributed by atoms with E-state index in [1.54, 1.807) is 6.92 Å². The third-order valence-corrected chi connectivity index (χ3v) is 6.91. The molecule has 136 valence electrons. The number of carbonyl (C=O) groups excluding carboxylic acids is 1. The van der Waals surface area contributed by atoms with Crippen LogP contribution in [0.25, 0.3) is 0 Å². The van der Waals surface area contributed by atoms with E-state index in [4.69, 9.17) is 0 Å². The number of aromatic nitrogens is 2. The number of anilines is 1. The molecule has 0 aromatic carbocycles. The van der Waals surface area contributed by atoms with Crippen molar-refractivity contribution in [3.05, 3.63) is 18.2 Å². The number of hydrogen-bond acceptors (Lipinski definition) is 5. The first-order valence-corrected chi connectivity index (χ1v) is 9.83. The number of piperazine rings is 1. The summed E-state index contributed by atoms with van der Waals surface area (Å²) in [6, 6.07) is 0.749. The summed E-state index contributed by atoms with van der Waals surface area (Å²) < 4.78 is 0. The summed E-state index contributed by atoms with van der Waals surface area (Å²) in [5.41, 5.74) is 1.67. The van der Waals surface area contributed by atoms with Gasteiger partial charge in [0.2, 0.25) is 0 Å². The molecule has 5 heteroatoms. The molecule has 1 aromatic heterocycles. The van der Waals surface area contributed by atoms with E-state index in [-0.39, 0.29) is 0 Å². The second-order valence-electron chi connectivity index (χ2n) is 8.46. The quantitative estimate of drug-likeness (QED) is 0.845. The summed E-state index contributed by atoms with van der Waals surface area (Å²) in [7, 11) is 0. The first-order valence-electron chi connectivity index (χ1n) is 9.83. The fourth-order valence-corrected chi connectivity index (χ4v) is 5.16. The SMILES string of the molecule is CC(=O)C1CC2(CCC(N3CCN(c4cnc(C)nc4)CC3)CC2)C1. The van der Waals surface area contributed by atoms with Gasteiger partial charge in [0.05, 0.1) is 18.1 Å². The summed E-state index contributed by atoms with van der Waals surface area (Å²) in [6.45, 7) is 8.12. The van der Waals surface area contributed by atoms with Gasteiger partial charge in [-0.05, 0) is 57.8 Å². The Morgan fingerprint density at radius 2 is 1.68 bits per heavy atom. The van der Waals surface area contributed by atoms with E-state index in [9.17, 15) is 4.79 Å². The van der Waals surface area contributed by atoms with E-state index in [2.05, 4.69) is 19.8 Å². The molecule has 1 aliphatic heterocycles. The summed E-state index contributed by atoms with van der Waals surface area (Å²) >= 11 is 0. The number of aryl methyl sites for hydroxylation is 1. The molecule has 0 atom stereocenters. The molecule has 2 heterocycles. The van der Waals surface area contributed by atoms with Crippen LogP contribution >= 0.6 is 0 Å². The van der Waals surface area contributed by atoms with E-state index in [1.165, 1.54) is 25.7 Å². The summed E-state index contributed by atoms with van der Waals surface area (Å²) in [5, 5.41) is 0. The van der Waals surface area contributed by atoms with Crippen LogP contribution in [0, 0.1) is 18.3 Å². The van der Waals surface area contributed by atoms with Crippen LogP contribution in [-0.4, -0.2) is 52.9 Å². The minimum absolute atomic E-state index is 0.372. The topological polar surface area (TPSA) is 49.3 Å². The zero-order valence-corrected chi connectivity index (χ0v) is 15.6. The molecular formula is C20H30N4O. The number of rotatable bonds is 3. The Morgan fingerprint density at radius 3 is 2.24 bits per heavy atom. The lowest BCUT2D eigenvalue weighted by Crippen LogP contribution is -2.53. The van der Waals surface area contributed by atoms with Gasteiger partial charge in [-0.1, -0.05) is 0 Å². The zero-order chi connectivity index (χ0) is 17.4. The standard InChI is InChI=1S/C20H30N4O/c1-15(25)17-11-20(12-17)5-3-18(4-6-20)23-7-9-24(10-8-23)19-13-21-16(2)22-14-19/h13-14,17-18H,3-12H2,1-2H3. The van der Waals surface area contributed by atoms with Crippen LogP contribution in [0.4, 0.5) is 5.69 Å². The van der Waals surface area contributed by atoms with Gasteiger partial charge in [-0.2, -0.15) is 0 Å². The van der Waals surface area contributed by atoms with Gasteiger partial charge in [-0.25, -0.2) is 9.97 Å². The molecule has 1 saturated heterocycles. The Morgan fingerprint density at radius 1 is 1.08 bits per heavy atom. The maximum absolute atomic E-state index is 11.5. The van der Waals surface area contributed by atoms with Gasteiger partial charge >= 0.3 is 0 Å². The minimum Gasteiger partial charge on any atom is -0.366 e. The first-order chi connectivity index (χ1) is 12.0. The van der Waals surface area contributed by atoms with E-state index < -0.39 is 0 Å². The van der Waals surface area contributed by atoms with E-state index in [0.717, 1.165) is 56.6 Å². The Balaban J connectivity index is 1.25. The average Bonchev–Trinajstić information content (AvgIpc) is 2.60. The molecule has 0 bridgehead atoms. The number of nitrogens with zero attached hydrogens (tertiary/aromatic N) is 4. The first kappa shape index (κ1) is 17.0. The molecule has 3 aliphatic rings. The number of carbonyl (C=O) groups is 1. The fourth-order valence-electron chi connectivity index (χ4n) is 5.16. The molecule has 2 saturated carbocycles. The normalized spacial score (nSPS) is 33.3. The third-order valence-electron chi connectivity index (χ3n) is 6.91. The van der Waals surface area contributed by atoms with Crippen molar-refractivity contribution >= 4 is 11.5 Å². The van der Waals surface area contributed by atoms with Crippen molar-refractivity contribution in [1.82, 2.24) is 14.9 Å². The van der Waals surface area contributed by atoms with Gasteiger partial charge in [-0.3, -0.25) is 9.69 Å². The zero-order valence-electron chi connectivity index (χ0n) is 15.6. The largest absolute Gasteiger partial charge is 0.366 e. The lowest BCUT2D eigenvalue weighted by atomic mass is 9.54. The van der Waals surface area contributed by atoms with Crippen LogP contribution in [0.5, 0.6) is 0 Å². The molecular weight excluding hydrogens is 312 g/mol. The average molecular weight is 342 g/mol. The predicted molar refractivity (Wildman–Crippen MR) is 98.6 cm³/mol. The second kappa shape index (κ2) is 6.67. The Labute approximate surface area is 150 Å². The Hall–Kier alpha value is -1.49. The summed E-state index contributed by atoms with van der Waals surface area (Å²) in [6.07, 6.45) is 11.5. The van der Waals surface area contributed by atoms with Crippen LogP contribution in [0.2, 0.25) is 0 Å². The Bertz CT molecular complexity index is 605. The molecule has 25 heavy (non-hydrogen) atoms. The van der Waals surface area contributed by atoms with E-state index in [1.807, 2.05) is 19.3 Å². The van der Waals surface area contributed by atoms with Crippen molar-refractivity contribution < 1.29 is 4.79 Å². The van der Waals surface area contributed by atoms with Crippen LogP contribution in [0.3, 0.4) is 0 Å². The molecule has 4 rings (SSSR count). The van der Waals surface area contributed by atoms with Crippen LogP contribution in [0.15, 0.2) is 12.4 Å². The van der Waals surface area contributed by atoms with Gasteiger partial charge < -0.3 is 4.90 Å². The highest BCUT2D eigenvalue weighted by atomic mass is 16.1. The van der Waals surface area contributed by atoms with Crippen molar-refractivity contribution in [2.45, 2.75) is 58.4 Å². The monoisotopic (exact) mass is 342 g/mol. The van der Waals surface area contributed by atoms with Gasteiger partial charge in [-0.15, -0.1) is 0 Å². The van der Waals surface area contributed by atoms with Gasteiger partial charge in [0.15, 0.2) is 0 Å². The fraction of sp³-hybridized carbons (Fsp3) is 0.750. The number of hydrogen-bond donors (Lipinski definition) is 0. The molecule has 0 amide bonds. The second-order valence-corrected chi connectivity index (χ2v) is 8.46. The van der Waals surface area contributed by atoms with Crippen molar-refractivity contribution in [3.63, 3.8) is 0 Å². The van der Waals surface area contributed by atoms with Crippen molar-refractivity contribution in [3.8, 4) is 0 Å². The summed E-state index contributed by atoms with van der Waals surface area (Å²) in [5.74, 6) is 1.61. The van der Waals surface area contributed by atoms with E-state index in [0.29, 0.717) is 17.1 Å². The predicted octanol–water partition coefficient (Wildman–Crippen LogP) is 2.84. The molecule has 5 nitrogen and oxygen atoms in total. The lowest BCUT2D eigenvalue weighted by molar-refractivity contribution is -0.130. The van der Waals surface area contributed by atoms with Crippen LogP contribution in [0.1, 0.15) is 51.3 Å². The molecule has 0 N–H and O–H groups in total. The minimum atomic E-state index is 0.372. The van der Waals surface area contributed by atoms with Crippen LogP contribution < -0.4 is 4.90 Å². The molecule has 0 unspecified atom stereocenters. The molecule has 2 aliphatic carbocycles.